The first-order valence-corrected chi connectivity index (χ1v) is 10.9. The highest BCUT2D eigenvalue weighted by molar-refractivity contribution is 7.19. The Bertz CT molecular complexity index is 1230. The van der Waals surface area contributed by atoms with E-state index in [1.165, 1.54) is 23.3 Å². The van der Waals surface area contributed by atoms with E-state index in [4.69, 9.17) is 27.6 Å². The Morgan fingerprint density at radius 2 is 2.00 bits per heavy atom. The Labute approximate surface area is 181 Å². The topological polar surface area (TPSA) is 63.3 Å². The molecule has 0 fully saturated rings. The summed E-state index contributed by atoms with van der Waals surface area (Å²) in [6.45, 7) is 0. The van der Waals surface area contributed by atoms with Crippen LogP contribution >= 0.6 is 34.5 Å². The number of hydrogen-bond acceptors (Lipinski definition) is 6. The van der Waals surface area contributed by atoms with Gasteiger partial charge in [-0.1, -0.05) is 23.2 Å². The lowest BCUT2D eigenvalue weighted by Crippen LogP contribution is -2.00. The van der Waals surface area contributed by atoms with Crippen LogP contribution in [0.3, 0.4) is 0 Å². The third kappa shape index (κ3) is 3.64. The second kappa shape index (κ2) is 7.78. The predicted octanol–water partition coefficient (Wildman–Crippen LogP) is 6.58. The quantitative estimate of drug-likeness (QED) is 0.286. The number of aromatic nitrogens is 2. The minimum atomic E-state index is 0.580. The molecule has 0 amide bonds. The van der Waals surface area contributed by atoms with Crippen LogP contribution in [-0.2, 0) is 12.8 Å². The van der Waals surface area contributed by atoms with Crippen molar-refractivity contribution < 1.29 is 4.42 Å². The number of fused-ring (bicyclic) bond motifs is 3. The number of benzene rings is 1. The molecule has 5 rings (SSSR count). The number of hydrazone groups is 1. The van der Waals surface area contributed by atoms with E-state index >= 15 is 0 Å². The van der Waals surface area contributed by atoms with E-state index in [0.29, 0.717) is 21.6 Å². The monoisotopic (exact) mass is 442 g/mol. The van der Waals surface area contributed by atoms with E-state index in [0.717, 1.165) is 34.4 Å². The zero-order chi connectivity index (χ0) is 19.8. The Morgan fingerprint density at radius 1 is 1.10 bits per heavy atom. The summed E-state index contributed by atoms with van der Waals surface area (Å²) in [6.07, 6.45) is 7.84. The van der Waals surface area contributed by atoms with E-state index < -0.39 is 0 Å². The summed E-state index contributed by atoms with van der Waals surface area (Å²) in [6, 6.07) is 8.95. The number of rotatable bonds is 4. The van der Waals surface area contributed by atoms with Crippen molar-refractivity contribution in [2.75, 3.05) is 5.43 Å². The van der Waals surface area contributed by atoms with E-state index in [-0.39, 0.29) is 0 Å². The maximum Gasteiger partial charge on any atom is 0.158 e. The van der Waals surface area contributed by atoms with E-state index in [2.05, 4.69) is 20.5 Å². The average molecular weight is 443 g/mol. The number of nitrogens with zero attached hydrogens (tertiary/aromatic N) is 3. The van der Waals surface area contributed by atoms with Crippen molar-refractivity contribution in [3.8, 4) is 11.3 Å². The smallest absolute Gasteiger partial charge is 0.158 e. The largest absolute Gasteiger partial charge is 0.455 e. The lowest BCUT2D eigenvalue weighted by atomic mass is 9.97. The molecule has 0 unspecified atom stereocenters. The van der Waals surface area contributed by atoms with E-state index in [1.54, 1.807) is 42.1 Å². The number of hydrogen-bond donors (Lipinski definition) is 1. The number of halogens is 2. The van der Waals surface area contributed by atoms with Gasteiger partial charge in [0.05, 0.1) is 16.6 Å². The summed E-state index contributed by atoms with van der Waals surface area (Å²) in [5.41, 5.74) is 5.17. The normalized spacial score (nSPS) is 13.9. The molecule has 4 aromatic rings. The molecule has 1 aliphatic carbocycles. The van der Waals surface area contributed by atoms with E-state index in [9.17, 15) is 0 Å². The number of anilines is 1. The maximum absolute atomic E-state index is 6.25. The van der Waals surface area contributed by atoms with Gasteiger partial charge in [0.1, 0.15) is 22.7 Å². The van der Waals surface area contributed by atoms with Gasteiger partial charge in [0, 0.05) is 15.5 Å². The molecule has 1 aliphatic rings. The fourth-order valence-electron chi connectivity index (χ4n) is 3.59. The number of thiophene rings is 1. The molecular weight excluding hydrogens is 427 g/mol. The van der Waals surface area contributed by atoms with Crippen LogP contribution in [0.5, 0.6) is 0 Å². The average Bonchev–Trinajstić information content (AvgIpc) is 3.34. The van der Waals surface area contributed by atoms with Gasteiger partial charge < -0.3 is 4.42 Å². The summed E-state index contributed by atoms with van der Waals surface area (Å²) in [4.78, 5) is 11.3. The van der Waals surface area contributed by atoms with Crippen molar-refractivity contribution in [1.29, 1.82) is 0 Å². The van der Waals surface area contributed by atoms with E-state index in [1.807, 2.05) is 12.1 Å². The maximum atomic E-state index is 6.25. The van der Waals surface area contributed by atoms with Gasteiger partial charge >= 0.3 is 0 Å². The molecule has 0 saturated carbocycles. The van der Waals surface area contributed by atoms with Crippen LogP contribution < -0.4 is 5.43 Å². The van der Waals surface area contributed by atoms with Gasteiger partial charge in [-0.15, -0.1) is 11.3 Å². The molecule has 0 radical (unpaired) electrons. The lowest BCUT2D eigenvalue weighted by Gasteiger charge is -2.11. The lowest BCUT2D eigenvalue weighted by molar-refractivity contribution is 0.575. The molecule has 146 valence electrons. The molecule has 0 spiro atoms. The summed E-state index contributed by atoms with van der Waals surface area (Å²) in [5, 5.41) is 6.60. The molecule has 0 bridgehead atoms. The summed E-state index contributed by atoms with van der Waals surface area (Å²) in [5.74, 6) is 1.96. The standard InChI is InChI=1S/C21H16Cl2N4OS/c22-12-5-7-16(23)15(9-12)17-8-6-13(28-17)10-26-27-20-19-14-3-1-2-4-18(14)29-21(19)25-11-24-20/h5-11H,1-4H2,(H,24,25,27). The molecule has 1 N–H and O–H groups in total. The molecule has 3 aromatic heterocycles. The second-order valence-corrected chi connectivity index (χ2v) is 8.74. The highest BCUT2D eigenvalue weighted by Gasteiger charge is 2.19. The van der Waals surface area contributed by atoms with Crippen LogP contribution in [0.4, 0.5) is 5.82 Å². The Morgan fingerprint density at radius 3 is 2.93 bits per heavy atom. The molecule has 29 heavy (non-hydrogen) atoms. The van der Waals surface area contributed by atoms with Gasteiger partial charge in [-0.05, 0) is 61.6 Å². The van der Waals surface area contributed by atoms with Crippen LogP contribution in [0.2, 0.25) is 10.0 Å². The SMILES string of the molecule is Clc1ccc(Cl)c(-c2ccc(C=NNc3ncnc4sc5c(c34)CCCC5)o2)c1. The van der Waals surface area contributed by atoms with Crippen molar-refractivity contribution in [3.63, 3.8) is 0 Å². The molecule has 0 atom stereocenters. The highest BCUT2D eigenvalue weighted by Crippen LogP contribution is 2.38. The van der Waals surface area contributed by atoms with Crippen LogP contribution in [0, 0.1) is 0 Å². The minimum Gasteiger partial charge on any atom is -0.455 e. The van der Waals surface area contributed by atoms with Crippen LogP contribution in [-0.4, -0.2) is 16.2 Å². The first kappa shape index (κ1) is 18.6. The van der Waals surface area contributed by atoms with Gasteiger partial charge in [-0.2, -0.15) is 5.10 Å². The molecule has 5 nitrogen and oxygen atoms in total. The Hall–Kier alpha value is -2.41. The van der Waals surface area contributed by atoms with Crippen molar-refractivity contribution >= 4 is 56.8 Å². The molecule has 8 heteroatoms. The minimum absolute atomic E-state index is 0.580. The van der Waals surface area contributed by atoms with Crippen molar-refractivity contribution in [1.82, 2.24) is 9.97 Å². The molecule has 0 saturated heterocycles. The molecule has 3 heterocycles. The predicted molar refractivity (Wildman–Crippen MR) is 119 cm³/mol. The summed E-state index contributed by atoms with van der Waals surface area (Å²) in [7, 11) is 0. The van der Waals surface area contributed by atoms with Crippen LogP contribution in [0.25, 0.3) is 21.5 Å². The van der Waals surface area contributed by atoms with Gasteiger partial charge in [-0.25, -0.2) is 9.97 Å². The molecule has 0 aliphatic heterocycles. The fraction of sp³-hybridized carbons (Fsp3) is 0.190. The third-order valence-electron chi connectivity index (χ3n) is 4.93. The van der Waals surface area contributed by atoms with Gasteiger partial charge in [-0.3, -0.25) is 5.43 Å². The van der Waals surface area contributed by atoms with Crippen LogP contribution in [0.1, 0.15) is 29.0 Å². The zero-order valence-corrected chi connectivity index (χ0v) is 17.6. The Balaban J connectivity index is 1.39. The van der Waals surface area contributed by atoms with Gasteiger partial charge in [0.25, 0.3) is 0 Å². The Kier molecular flexibility index (Phi) is 4.99. The number of aryl methyl sites for hydroxylation is 2. The zero-order valence-electron chi connectivity index (χ0n) is 15.3. The van der Waals surface area contributed by atoms with Crippen molar-refractivity contribution in [2.24, 2.45) is 5.10 Å². The molecule has 1 aromatic carbocycles. The molecular formula is C21H16Cl2N4OS. The summed E-state index contributed by atoms with van der Waals surface area (Å²) < 4.78 is 5.84. The van der Waals surface area contributed by atoms with Gasteiger partial charge in [0.2, 0.25) is 0 Å². The highest BCUT2D eigenvalue weighted by atomic mass is 35.5. The number of furan rings is 1. The van der Waals surface area contributed by atoms with Crippen LogP contribution in [0.15, 0.2) is 46.2 Å². The first-order chi connectivity index (χ1) is 14.2. The van der Waals surface area contributed by atoms with Gasteiger partial charge in [0.15, 0.2) is 5.82 Å². The second-order valence-electron chi connectivity index (χ2n) is 6.81. The summed E-state index contributed by atoms with van der Waals surface area (Å²) >= 11 is 14.1. The fourth-order valence-corrected chi connectivity index (χ4v) is 5.20. The third-order valence-corrected chi connectivity index (χ3v) is 6.70. The first-order valence-electron chi connectivity index (χ1n) is 9.28. The number of nitrogens with one attached hydrogen (secondary N) is 1. The van der Waals surface area contributed by atoms with Crippen molar-refractivity contribution in [2.45, 2.75) is 25.7 Å². The van der Waals surface area contributed by atoms with Crippen molar-refractivity contribution in [3.05, 3.63) is 62.9 Å².